The maximum atomic E-state index is 11.6. The van der Waals surface area contributed by atoms with E-state index in [-0.39, 0.29) is 33.8 Å². The number of carboxylic acids is 1. The lowest BCUT2D eigenvalue weighted by atomic mass is 9.82. The first-order valence-corrected chi connectivity index (χ1v) is 10.4. The van der Waals surface area contributed by atoms with Crippen molar-refractivity contribution in [3.63, 3.8) is 0 Å². The summed E-state index contributed by atoms with van der Waals surface area (Å²) >= 11 is 8.07. The van der Waals surface area contributed by atoms with E-state index in [0.29, 0.717) is 23.4 Å². The molecule has 1 aliphatic heterocycles. The molecule has 0 amide bonds. The Morgan fingerprint density at radius 1 is 1.13 bits per heavy atom. The summed E-state index contributed by atoms with van der Waals surface area (Å²) in [6.45, 7) is 0.427. The summed E-state index contributed by atoms with van der Waals surface area (Å²) < 4.78 is 0. The van der Waals surface area contributed by atoms with Gasteiger partial charge in [0.2, 0.25) is 0 Å². The lowest BCUT2D eigenvalue weighted by Crippen LogP contribution is -2.29. The number of alkyl halides is 1. The van der Waals surface area contributed by atoms with Crippen LogP contribution in [0.3, 0.4) is 0 Å². The summed E-state index contributed by atoms with van der Waals surface area (Å²) in [5, 5.41) is 34.8. The highest BCUT2D eigenvalue weighted by Gasteiger charge is 2.49. The zero-order chi connectivity index (χ0) is 21.6. The van der Waals surface area contributed by atoms with Crippen molar-refractivity contribution in [3.05, 3.63) is 67.8 Å². The Balaban J connectivity index is 1.73. The number of hydrogen-bond donors (Lipinski definition) is 2. The number of thioether (sulfide) groups is 1. The molecule has 0 radical (unpaired) electrons. The standard InChI is InChI=1S/C19H16ClN3O6S/c20-17-14(30-13-4-2-1-3-11(13)22(26)27)7-9-8-21-18-10(19(24)25)5-6-12(23(28)29)16(18)15(9)17/h1-6,9,14-15,17,21H,7-8H2,(H,24,25)/t9-,14-,15+,17+/m0/s1. The van der Waals surface area contributed by atoms with Crippen LogP contribution in [0.1, 0.15) is 28.3 Å². The fraction of sp³-hybridized carbons (Fsp3) is 0.316. The van der Waals surface area contributed by atoms with E-state index in [1.165, 1.54) is 30.0 Å². The van der Waals surface area contributed by atoms with E-state index in [1.54, 1.807) is 18.2 Å². The van der Waals surface area contributed by atoms with Crippen molar-refractivity contribution in [3.8, 4) is 0 Å². The summed E-state index contributed by atoms with van der Waals surface area (Å²) in [6, 6.07) is 8.82. The number of nitro benzene ring substituents is 2. The highest BCUT2D eigenvalue weighted by atomic mass is 35.5. The van der Waals surface area contributed by atoms with E-state index >= 15 is 0 Å². The first-order valence-electron chi connectivity index (χ1n) is 9.12. The molecule has 2 aromatic rings. The quantitative estimate of drug-likeness (QED) is 0.387. The molecule has 1 aliphatic carbocycles. The minimum atomic E-state index is -1.18. The Labute approximate surface area is 179 Å². The van der Waals surface area contributed by atoms with Gasteiger partial charge < -0.3 is 10.4 Å². The van der Waals surface area contributed by atoms with Crippen LogP contribution in [0.25, 0.3) is 0 Å². The van der Waals surface area contributed by atoms with Crippen LogP contribution in [0.5, 0.6) is 0 Å². The Hall–Kier alpha value is -2.85. The predicted octanol–water partition coefficient (Wildman–Crippen LogP) is 4.50. The molecule has 9 nitrogen and oxygen atoms in total. The van der Waals surface area contributed by atoms with Gasteiger partial charge in [-0.3, -0.25) is 20.2 Å². The van der Waals surface area contributed by atoms with E-state index in [9.17, 15) is 30.1 Å². The van der Waals surface area contributed by atoms with E-state index in [2.05, 4.69) is 5.32 Å². The van der Waals surface area contributed by atoms with Crippen LogP contribution in [0.4, 0.5) is 17.1 Å². The Morgan fingerprint density at radius 2 is 1.83 bits per heavy atom. The van der Waals surface area contributed by atoms with Gasteiger partial charge in [-0.2, -0.15) is 0 Å². The molecule has 0 aromatic heterocycles. The average molecular weight is 450 g/mol. The van der Waals surface area contributed by atoms with Crippen molar-refractivity contribution in [1.29, 1.82) is 0 Å². The number of carbonyl (C=O) groups is 1. The summed E-state index contributed by atoms with van der Waals surface area (Å²) in [6.07, 6.45) is 0.594. The molecule has 1 saturated carbocycles. The number of para-hydroxylation sites is 1. The Bertz CT molecular complexity index is 1060. The molecule has 0 unspecified atom stereocenters. The van der Waals surface area contributed by atoms with Gasteiger partial charge in [0.15, 0.2) is 0 Å². The van der Waals surface area contributed by atoms with Crippen molar-refractivity contribution in [1.82, 2.24) is 0 Å². The van der Waals surface area contributed by atoms with Gasteiger partial charge >= 0.3 is 5.97 Å². The number of nitro groups is 2. The van der Waals surface area contributed by atoms with Crippen LogP contribution in [0.15, 0.2) is 41.3 Å². The highest BCUT2D eigenvalue weighted by Crippen LogP contribution is 2.55. The van der Waals surface area contributed by atoms with Crippen LogP contribution in [0, 0.1) is 26.1 Å². The van der Waals surface area contributed by atoms with E-state index in [4.69, 9.17) is 11.6 Å². The fourth-order valence-electron chi connectivity index (χ4n) is 4.36. The molecule has 30 heavy (non-hydrogen) atoms. The number of hydrogen-bond acceptors (Lipinski definition) is 7. The van der Waals surface area contributed by atoms with Crippen LogP contribution in [0.2, 0.25) is 0 Å². The van der Waals surface area contributed by atoms with Gasteiger partial charge in [0.05, 0.1) is 36.9 Å². The maximum absolute atomic E-state index is 11.6. The van der Waals surface area contributed by atoms with Crippen molar-refractivity contribution < 1.29 is 19.7 Å². The molecule has 2 aliphatic rings. The van der Waals surface area contributed by atoms with Crippen molar-refractivity contribution >= 4 is 46.4 Å². The third kappa shape index (κ3) is 3.35. The molecule has 1 heterocycles. The summed E-state index contributed by atoms with van der Waals surface area (Å²) in [4.78, 5) is 34.1. The van der Waals surface area contributed by atoms with Gasteiger partial charge in [-0.1, -0.05) is 12.1 Å². The molecular formula is C19H16ClN3O6S. The van der Waals surface area contributed by atoms with Gasteiger partial charge in [-0.15, -0.1) is 23.4 Å². The molecule has 2 N–H and O–H groups in total. The van der Waals surface area contributed by atoms with Crippen molar-refractivity contribution in [2.45, 2.75) is 27.9 Å². The molecule has 0 spiro atoms. The molecule has 0 bridgehead atoms. The van der Waals surface area contributed by atoms with Crippen LogP contribution < -0.4 is 5.32 Å². The van der Waals surface area contributed by atoms with Gasteiger partial charge in [-0.05, 0) is 24.5 Å². The second kappa shape index (κ2) is 7.77. The monoisotopic (exact) mass is 449 g/mol. The van der Waals surface area contributed by atoms with Gasteiger partial charge in [0.1, 0.15) is 0 Å². The second-order valence-electron chi connectivity index (χ2n) is 7.21. The molecule has 11 heteroatoms. The zero-order valence-corrected chi connectivity index (χ0v) is 16.9. The minimum Gasteiger partial charge on any atom is -0.478 e. The predicted molar refractivity (Wildman–Crippen MR) is 112 cm³/mol. The van der Waals surface area contributed by atoms with Gasteiger partial charge in [0.25, 0.3) is 11.4 Å². The highest BCUT2D eigenvalue weighted by molar-refractivity contribution is 8.00. The fourth-order valence-corrected chi connectivity index (χ4v) is 6.34. The SMILES string of the molecule is O=C(O)c1ccc([N+](=O)[O-])c2c1NC[C@@H]1C[C@H](Sc3ccccc3[N+](=O)[O-])[C@@H](Cl)[C@@H]21. The van der Waals surface area contributed by atoms with Crippen molar-refractivity contribution in [2.24, 2.45) is 5.92 Å². The van der Waals surface area contributed by atoms with Gasteiger partial charge in [-0.25, -0.2) is 4.79 Å². The lowest BCUT2D eigenvalue weighted by molar-refractivity contribution is -0.387. The van der Waals surface area contributed by atoms with Crippen LogP contribution in [-0.4, -0.2) is 38.1 Å². The number of nitrogens with zero attached hydrogens (tertiary/aromatic N) is 2. The number of anilines is 1. The van der Waals surface area contributed by atoms with Crippen LogP contribution in [-0.2, 0) is 0 Å². The Morgan fingerprint density at radius 3 is 2.50 bits per heavy atom. The second-order valence-corrected chi connectivity index (χ2v) is 9.00. The number of carboxylic acid groups (broad SMARTS) is 1. The normalized spacial score (nSPS) is 24.4. The largest absolute Gasteiger partial charge is 0.478 e. The van der Waals surface area contributed by atoms with E-state index < -0.39 is 27.1 Å². The first kappa shape index (κ1) is 20.4. The molecule has 0 saturated heterocycles. The minimum absolute atomic E-state index is 0.0149. The third-order valence-electron chi connectivity index (χ3n) is 5.61. The summed E-state index contributed by atoms with van der Waals surface area (Å²) in [5.41, 5.74) is 0.326. The molecule has 1 fully saturated rings. The number of nitrogens with one attached hydrogen (secondary N) is 1. The zero-order valence-electron chi connectivity index (χ0n) is 15.4. The summed E-state index contributed by atoms with van der Waals surface area (Å²) in [5.74, 6) is -1.66. The van der Waals surface area contributed by atoms with Gasteiger partial charge in [0, 0.05) is 29.8 Å². The average Bonchev–Trinajstić information content (AvgIpc) is 3.02. The number of aromatic carboxylic acids is 1. The van der Waals surface area contributed by atoms with Crippen LogP contribution >= 0.6 is 23.4 Å². The molecule has 4 atom stereocenters. The Kier molecular flexibility index (Phi) is 5.29. The number of halogens is 1. The summed E-state index contributed by atoms with van der Waals surface area (Å²) in [7, 11) is 0. The number of fused-ring (bicyclic) bond motifs is 3. The van der Waals surface area contributed by atoms with E-state index in [1.807, 2.05) is 0 Å². The molecule has 156 valence electrons. The number of benzene rings is 2. The third-order valence-corrected chi connectivity index (χ3v) is 7.72. The molecular weight excluding hydrogens is 434 g/mol. The maximum Gasteiger partial charge on any atom is 0.337 e. The lowest BCUT2D eigenvalue weighted by Gasteiger charge is -2.31. The smallest absolute Gasteiger partial charge is 0.337 e. The topological polar surface area (TPSA) is 136 Å². The van der Waals surface area contributed by atoms with Crippen molar-refractivity contribution in [2.75, 3.05) is 11.9 Å². The number of rotatable bonds is 5. The first-order chi connectivity index (χ1) is 14.3. The molecule has 4 rings (SSSR count). The molecule has 2 aromatic carbocycles. The van der Waals surface area contributed by atoms with E-state index in [0.717, 1.165) is 0 Å².